The van der Waals surface area contributed by atoms with Crippen molar-refractivity contribution in [1.29, 1.82) is 5.26 Å². The number of nitrogens with zero attached hydrogens (tertiary/aromatic N) is 1. The van der Waals surface area contributed by atoms with Gasteiger partial charge in [-0.3, -0.25) is 0 Å². The van der Waals surface area contributed by atoms with Crippen molar-refractivity contribution in [2.75, 3.05) is 6.54 Å². The van der Waals surface area contributed by atoms with Crippen LogP contribution in [0.3, 0.4) is 0 Å². The van der Waals surface area contributed by atoms with Crippen molar-refractivity contribution >= 4 is 21.6 Å². The highest BCUT2D eigenvalue weighted by atomic mass is 35.5. The molecule has 0 aromatic heterocycles. The van der Waals surface area contributed by atoms with Crippen molar-refractivity contribution in [2.45, 2.75) is 25.2 Å². The molecule has 1 aliphatic carbocycles. The molecule has 1 aromatic carbocycles. The number of benzene rings is 1. The summed E-state index contributed by atoms with van der Waals surface area (Å²) in [6.45, 7) is 4.65. The molecule has 2 rings (SSSR count). The predicted octanol–water partition coefficient (Wildman–Crippen LogP) is 2.54. The van der Waals surface area contributed by atoms with Gasteiger partial charge in [-0.2, -0.15) is 5.26 Å². The van der Waals surface area contributed by atoms with Crippen LogP contribution >= 0.6 is 11.6 Å². The Bertz CT molecular complexity index is 647. The van der Waals surface area contributed by atoms with Crippen molar-refractivity contribution in [3.8, 4) is 6.07 Å². The lowest BCUT2D eigenvalue weighted by atomic mass is 10.1. The lowest BCUT2D eigenvalue weighted by Crippen LogP contribution is -2.27. The lowest BCUT2D eigenvalue weighted by molar-refractivity contribution is 0.537. The third kappa shape index (κ3) is 3.08. The van der Waals surface area contributed by atoms with Crippen molar-refractivity contribution in [3.05, 3.63) is 28.8 Å². The molecule has 6 heteroatoms. The van der Waals surface area contributed by atoms with E-state index in [2.05, 4.69) is 18.6 Å². The number of halogens is 1. The van der Waals surface area contributed by atoms with E-state index in [0.717, 1.165) is 6.42 Å². The molecule has 0 saturated heterocycles. The maximum atomic E-state index is 12.1. The van der Waals surface area contributed by atoms with Crippen molar-refractivity contribution in [3.63, 3.8) is 0 Å². The van der Waals surface area contributed by atoms with Crippen LogP contribution in [0.1, 0.15) is 25.8 Å². The summed E-state index contributed by atoms with van der Waals surface area (Å²) in [7, 11) is -3.61. The second-order valence-corrected chi connectivity index (χ2v) is 7.64. The van der Waals surface area contributed by atoms with Crippen LogP contribution in [0.25, 0.3) is 0 Å². The number of hydrogen-bond donors (Lipinski definition) is 1. The van der Waals surface area contributed by atoms with E-state index >= 15 is 0 Å². The van der Waals surface area contributed by atoms with Crippen LogP contribution in [0.4, 0.5) is 0 Å². The third-order valence-corrected chi connectivity index (χ3v) is 5.49. The summed E-state index contributed by atoms with van der Waals surface area (Å²) in [5, 5.41) is 8.79. The Morgan fingerprint density at radius 1 is 1.53 bits per heavy atom. The summed E-state index contributed by atoms with van der Waals surface area (Å²) in [6.07, 6.45) is 1.02. The van der Waals surface area contributed by atoms with E-state index in [4.69, 9.17) is 16.9 Å². The fraction of sp³-hybridized carbons (Fsp3) is 0.462. The summed E-state index contributed by atoms with van der Waals surface area (Å²) in [4.78, 5) is 0.0200. The van der Waals surface area contributed by atoms with Gasteiger partial charge in [-0.1, -0.05) is 25.4 Å². The largest absolute Gasteiger partial charge is 0.242 e. The van der Waals surface area contributed by atoms with Crippen molar-refractivity contribution in [1.82, 2.24) is 4.72 Å². The van der Waals surface area contributed by atoms with E-state index in [1.807, 2.05) is 6.07 Å². The molecule has 0 radical (unpaired) electrons. The topological polar surface area (TPSA) is 70.0 Å². The summed E-state index contributed by atoms with van der Waals surface area (Å²) in [5.74, 6) is 0.374. The maximum Gasteiger partial charge on any atom is 0.242 e. The van der Waals surface area contributed by atoms with E-state index in [0.29, 0.717) is 18.0 Å². The normalized spacial score (nSPS) is 20.8. The Labute approximate surface area is 118 Å². The van der Waals surface area contributed by atoms with Crippen molar-refractivity contribution < 1.29 is 8.42 Å². The predicted molar refractivity (Wildman–Crippen MR) is 73.2 cm³/mol. The third-order valence-electron chi connectivity index (χ3n) is 3.59. The fourth-order valence-electron chi connectivity index (χ4n) is 2.00. The fourth-order valence-corrected chi connectivity index (χ4v) is 3.63. The standard InChI is InChI=1S/C13H15ClN2O2S/c1-13(2)6-10(13)8-16-19(17,18)12-4-3-9(7-15)5-11(12)14/h3-5,10,16H,6,8H2,1-2H3. The zero-order valence-electron chi connectivity index (χ0n) is 10.8. The maximum absolute atomic E-state index is 12.1. The molecule has 1 N–H and O–H groups in total. The summed E-state index contributed by atoms with van der Waals surface area (Å²) in [6, 6.07) is 6.08. The number of nitrogens with one attached hydrogen (secondary N) is 1. The minimum Gasteiger partial charge on any atom is -0.211 e. The summed E-state index contributed by atoms with van der Waals surface area (Å²) < 4.78 is 26.8. The zero-order valence-corrected chi connectivity index (χ0v) is 12.3. The lowest BCUT2D eigenvalue weighted by Gasteiger charge is -2.09. The Morgan fingerprint density at radius 3 is 2.63 bits per heavy atom. The molecule has 0 heterocycles. The van der Waals surface area contributed by atoms with Crippen LogP contribution in [-0.4, -0.2) is 15.0 Å². The van der Waals surface area contributed by atoms with Crippen molar-refractivity contribution in [2.24, 2.45) is 11.3 Å². The van der Waals surface area contributed by atoms with Crippen LogP contribution in [0.5, 0.6) is 0 Å². The van der Waals surface area contributed by atoms with E-state index in [1.54, 1.807) is 0 Å². The van der Waals surface area contributed by atoms with Gasteiger partial charge in [-0.15, -0.1) is 0 Å². The number of hydrogen-bond acceptors (Lipinski definition) is 3. The van der Waals surface area contributed by atoms with Gasteiger partial charge < -0.3 is 0 Å². The Kier molecular flexibility index (Phi) is 3.61. The minimum atomic E-state index is -3.61. The smallest absolute Gasteiger partial charge is 0.211 e. The second kappa shape index (κ2) is 4.78. The zero-order chi connectivity index (χ0) is 14.3. The average Bonchev–Trinajstić information content (AvgIpc) is 2.94. The molecule has 0 amide bonds. The Morgan fingerprint density at radius 2 is 2.16 bits per heavy atom. The summed E-state index contributed by atoms with van der Waals surface area (Å²) >= 11 is 5.91. The van der Waals surface area contributed by atoms with E-state index < -0.39 is 10.0 Å². The highest BCUT2D eigenvalue weighted by Crippen LogP contribution is 2.51. The molecule has 1 saturated carbocycles. The van der Waals surface area contributed by atoms with E-state index in [1.165, 1.54) is 18.2 Å². The first-order chi connectivity index (χ1) is 8.76. The second-order valence-electron chi connectivity index (χ2n) is 5.50. The molecule has 19 heavy (non-hydrogen) atoms. The SMILES string of the molecule is CC1(C)CC1CNS(=O)(=O)c1ccc(C#N)cc1Cl. The van der Waals surface area contributed by atoms with Crippen LogP contribution in [-0.2, 0) is 10.0 Å². The molecular formula is C13H15ClN2O2S. The molecule has 4 nitrogen and oxygen atoms in total. The van der Waals surface area contributed by atoms with Gasteiger partial charge in [0.05, 0.1) is 16.7 Å². The van der Waals surface area contributed by atoms with Gasteiger partial charge in [-0.25, -0.2) is 13.1 Å². The molecule has 1 aromatic rings. The van der Waals surface area contributed by atoms with Gasteiger partial charge in [0.25, 0.3) is 0 Å². The van der Waals surface area contributed by atoms with Crippen LogP contribution < -0.4 is 4.72 Å². The van der Waals surface area contributed by atoms with Gasteiger partial charge in [0, 0.05) is 6.54 Å². The number of rotatable bonds is 4. The van der Waals surface area contributed by atoms with Crippen LogP contribution in [0.15, 0.2) is 23.1 Å². The van der Waals surface area contributed by atoms with Gasteiger partial charge in [0.1, 0.15) is 4.90 Å². The molecule has 1 fully saturated rings. The molecule has 0 spiro atoms. The van der Waals surface area contributed by atoms with Gasteiger partial charge in [-0.05, 0) is 36.0 Å². The van der Waals surface area contributed by atoms with Gasteiger partial charge in [0.15, 0.2) is 0 Å². The van der Waals surface area contributed by atoms with Gasteiger partial charge in [0.2, 0.25) is 10.0 Å². The minimum absolute atomic E-state index is 0.0200. The molecule has 1 atom stereocenters. The average molecular weight is 299 g/mol. The quantitative estimate of drug-likeness (QED) is 0.928. The first kappa shape index (κ1) is 14.3. The molecule has 102 valence electrons. The molecule has 1 aliphatic rings. The Balaban J connectivity index is 2.14. The number of sulfonamides is 1. The summed E-state index contributed by atoms with van der Waals surface area (Å²) in [5.41, 5.74) is 0.559. The highest BCUT2D eigenvalue weighted by Gasteiger charge is 2.45. The molecule has 0 bridgehead atoms. The first-order valence-electron chi connectivity index (χ1n) is 5.95. The van der Waals surface area contributed by atoms with Crippen LogP contribution in [0.2, 0.25) is 5.02 Å². The molecule has 1 unspecified atom stereocenters. The number of nitriles is 1. The van der Waals surface area contributed by atoms with E-state index in [9.17, 15) is 8.42 Å². The Hall–Kier alpha value is -1.09. The molecular weight excluding hydrogens is 284 g/mol. The highest BCUT2D eigenvalue weighted by molar-refractivity contribution is 7.89. The van der Waals surface area contributed by atoms with Crippen LogP contribution in [0, 0.1) is 22.7 Å². The van der Waals surface area contributed by atoms with Gasteiger partial charge >= 0.3 is 0 Å². The molecule has 0 aliphatic heterocycles. The monoisotopic (exact) mass is 298 g/mol. The van der Waals surface area contributed by atoms with E-state index in [-0.39, 0.29) is 15.3 Å². The first-order valence-corrected chi connectivity index (χ1v) is 7.82.